The zero-order chi connectivity index (χ0) is 18.7. The van der Waals surface area contributed by atoms with E-state index in [1.165, 1.54) is 6.42 Å². The maximum Gasteiger partial charge on any atom is 0.267 e. The van der Waals surface area contributed by atoms with E-state index in [9.17, 15) is 4.79 Å². The Bertz CT molecular complexity index is 632. The highest BCUT2D eigenvalue weighted by molar-refractivity contribution is 5.90. The van der Waals surface area contributed by atoms with Crippen molar-refractivity contribution < 1.29 is 14.3 Å². The third-order valence-corrected chi connectivity index (χ3v) is 6.37. The molecular weight excluding hydrogens is 330 g/mol. The van der Waals surface area contributed by atoms with Gasteiger partial charge in [-0.25, -0.2) is 0 Å². The van der Waals surface area contributed by atoms with Gasteiger partial charge in [0.2, 0.25) is 0 Å². The highest BCUT2D eigenvalue weighted by Crippen LogP contribution is 2.48. The minimum absolute atomic E-state index is 0.299. The molecule has 0 bridgehead atoms. The maximum atomic E-state index is 11.6. The molecule has 1 saturated heterocycles. The van der Waals surface area contributed by atoms with Gasteiger partial charge in [0.05, 0.1) is 12.2 Å². The van der Waals surface area contributed by atoms with Crippen molar-refractivity contribution in [3.8, 4) is 0 Å². The predicted molar refractivity (Wildman–Crippen MR) is 99.8 cm³/mol. The van der Waals surface area contributed by atoms with Gasteiger partial charge in [-0.1, -0.05) is 13.3 Å². The highest BCUT2D eigenvalue weighted by atomic mass is 16.5. The average molecular weight is 361 g/mol. The molecule has 1 aromatic heterocycles. The van der Waals surface area contributed by atoms with Crippen LogP contribution in [-0.2, 0) is 15.1 Å². The second-order valence-corrected chi connectivity index (χ2v) is 7.78. The van der Waals surface area contributed by atoms with Gasteiger partial charge in [0.15, 0.2) is 0 Å². The van der Waals surface area contributed by atoms with Crippen LogP contribution in [0.1, 0.15) is 48.7 Å². The number of primary amides is 1. The normalized spacial score (nSPS) is 32.1. The van der Waals surface area contributed by atoms with Crippen molar-refractivity contribution in [3.63, 3.8) is 0 Å². The van der Waals surface area contributed by atoms with Crippen LogP contribution in [0.3, 0.4) is 0 Å². The number of nitrogens with two attached hydrogens (primary N) is 1. The van der Waals surface area contributed by atoms with Crippen molar-refractivity contribution in [1.29, 1.82) is 0 Å². The number of likely N-dealkylation sites (N-methyl/N-ethyl adjacent to an activating group) is 1. The Labute approximate surface area is 156 Å². The SMILES string of the molecule is COC1(c2ccnc(C(N)=O)c2)C(C)CCCC1CN(C)C1CCOC1. The van der Waals surface area contributed by atoms with Crippen molar-refractivity contribution in [2.75, 3.05) is 33.9 Å². The molecule has 0 radical (unpaired) electrons. The molecule has 6 heteroatoms. The van der Waals surface area contributed by atoms with Crippen molar-refractivity contribution in [2.45, 2.75) is 44.2 Å². The number of hydrogen-bond donors (Lipinski definition) is 1. The summed E-state index contributed by atoms with van der Waals surface area (Å²) in [7, 11) is 3.97. The second kappa shape index (κ2) is 8.03. The van der Waals surface area contributed by atoms with Gasteiger partial charge in [0.25, 0.3) is 5.91 Å². The van der Waals surface area contributed by atoms with Crippen LogP contribution in [-0.4, -0.2) is 55.7 Å². The first-order valence-electron chi connectivity index (χ1n) is 9.58. The molecule has 1 aliphatic carbocycles. The fraction of sp³-hybridized carbons (Fsp3) is 0.700. The molecule has 1 saturated carbocycles. The van der Waals surface area contributed by atoms with E-state index in [0.717, 1.165) is 44.6 Å². The largest absolute Gasteiger partial charge is 0.380 e. The van der Waals surface area contributed by atoms with Crippen molar-refractivity contribution >= 4 is 5.91 Å². The number of nitrogens with zero attached hydrogens (tertiary/aromatic N) is 2. The summed E-state index contributed by atoms with van der Waals surface area (Å²) in [4.78, 5) is 18.2. The minimum atomic E-state index is -0.502. The Morgan fingerprint density at radius 3 is 2.92 bits per heavy atom. The van der Waals surface area contributed by atoms with E-state index < -0.39 is 11.5 Å². The lowest BCUT2D eigenvalue weighted by Gasteiger charge is -2.49. The summed E-state index contributed by atoms with van der Waals surface area (Å²) >= 11 is 0. The molecule has 2 heterocycles. The molecule has 4 unspecified atom stereocenters. The van der Waals surface area contributed by atoms with Crippen LogP contribution in [0.4, 0.5) is 0 Å². The Balaban J connectivity index is 1.93. The second-order valence-electron chi connectivity index (χ2n) is 7.78. The Morgan fingerprint density at radius 2 is 2.27 bits per heavy atom. The van der Waals surface area contributed by atoms with E-state index in [2.05, 4.69) is 23.9 Å². The summed E-state index contributed by atoms with van der Waals surface area (Å²) in [5.74, 6) is 0.186. The predicted octanol–water partition coefficient (Wildman–Crippen LogP) is 2.18. The van der Waals surface area contributed by atoms with Crippen LogP contribution in [0.25, 0.3) is 0 Å². The van der Waals surface area contributed by atoms with Crippen LogP contribution < -0.4 is 5.73 Å². The molecule has 0 spiro atoms. The lowest BCUT2D eigenvalue weighted by molar-refractivity contribution is -0.133. The summed E-state index contributed by atoms with van der Waals surface area (Å²) in [5, 5.41) is 0. The zero-order valence-corrected chi connectivity index (χ0v) is 16.1. The third kappa shape index (κ3) is 3.50. The minimum Gasteiger partial charge on any atom is -0.380 e. The Kier molecular flexibility index (Phi) is 5.95. The maximum absolute atomic E-state index is 11.6. The summed E-state index contributed by atoms with van der Waals surface area (Å²) in [6, 6.07) is 4.27. The van der Waals surface area contributed by atoms with Gasteiger partial charge in [0, 0.05) is 38.4 Å². The monoisotopic (exact) mass is 361 g/mol. The molecular formula is C20H31N3O3. The summed E-state index contributed by atoms with van der Waals surface area (Å²) < 4.78 is 11.8. The standard InChI is InChI=1S/C20H31N3O3/c1-14-5-4-6-16(12-23(2)17-8-10-26-13-17)20(14,25-3)15-7-9-22-18(11-15)19(21)24/h7,9,11,14,16-17H,4-6,8,10,12-13H2,1-3H3,(H2,21,24). The summed E-state index contributed by atoms with van der Waals surface area (Å²) in [6.45, 7) is 4.84. The van der Waals surface area contributed by atoms with E-state index in [-0.39, 0.29) is 0 Å². The topological polar surface area (TPSA) is 77.7 Å². The fourth-order valence-corrected chi connectivity index (χ4v) is 4.91. The third-order valence-electron chi connectivity index (χ3n) is 6.37. The smallest absolute Gasteiger partial charge is 0.267 e. The molecule has 2 aliphatic rings. The quantitative estimate of drug-likeness (QED) is 0.840. The lowest BCUT2D eigenvalue weighted by Crippen LogP contribution is -2.51. The van der Waals surface area contributed by atoms with E-state index >= 15 is 0 Å². The van der Waals surface area contributed by atoms with E-state index in [1.54, 1.807) is 13.3 Å². The first kappa shape index (κ1) is 19.3. The zero-order valence-electron chi connectivity index (χ0n) is 16.1. The molecule has 1 amide bonds. The first-order chi connectivity index (χ1) is 12.5. The molecule has 26 heavy (non-hydrogen) atoms. The Morgan fingerprint density at radius 1 is 1.46 bits per heavy atom. The number of methoxy groups -OCH3 is 1. The molecule has 2 N–H and O–H groups in total. The first-order valence-corrected chi connectivity index (χ1v) is 9.58. The highest BCUT2D eigenvalue weighted by Gasteiger charge is 2.48. The van der Waals surface area contributed by atoms with Crippen LogP contribution in [0.15, 0.2) is 18.3 Å². The number of pyridine rings is 1. The van der Waals surface area contributed by atoms with Gasteiger partial charge >= 0.3 is 0 Å². The van der Waals surface area contributed by atoms with E-state index in [4.69, 9.17) is 15.2 Å². The number of ether oxygens (including phenoxy) is 2. The lowest BCUT2D eigenvalue weighted by atomic mass is 9.65. The van der Waals surface area contributed by atoms with Gasteiger partial charge in [-0.3, -0.25) is 9.78 Å². The molecule has 144 valence electrons. The average Bonchev–Trinajstić information content (AvgIpc) is 3.17. The molecule has 3 rings (SSSR count). The van der Waals surface area contributed by atoms with Crippen LogP contribution in [0.5, 0.6) is 0 Å². The molecule has 6 nitrogen and oxygen atoms in total. The fourth-order valence-electron chi connectivity index (χ4n) is 4.91. The molecule has 2 fully saturated rings. The number of amides is 1. The summed E-state index contributed by atoms with van der Waals surface area (Å²) in [5.41, 5.74) is 6.34. The number of carbonyl (C=O) groups is 1. The van der Waals surface area contributed by atoms with Gasteiger partial charge in [-0.05, 0) is 49.9 Å². The van der Waals surface area contributed by atoms with E-state index in [0.29, 0.717) is 23.6 Å². The van der Waals surface area contributed by atoms with Gasteiger partial charge < -0.3 is 20.1 Å². The van der Waals surface area contributed by atoms with Gasteiger partial charge in [0.1, 0.15) is 5.69 Å². The number of carbonyl (C=O) groups excluding carboxylic acids is 1. The molecule has 1 aromatic rings. The molecule has 1 aliphatic heterocycles. The number of rotatable bonds is 6. The van der Waals surface area contributed by atoms with Crippen molar-refractivity contribution in [2.24, 2.45) is 17.6 Å². The molecule has 4 atom stereocenters. The van der Waals surface area contributed by atoms with Crippen molar-refractivity contribution in [3.05, 3.63) is 29.6 Å². The van der Waals surface area contributed by atoms with Crippen LogP contribution >= 0.6 is 0 Å². The van der Waals surface area contributed by atoms with Crippen LogP contribution in [0.2, 0.25) is 0 Å². The Hall–Kier alpha value is -1.50. The van der Waals surface area contributed by atoms with Gasteiger partial charge in [-0.15, -0.1) is 0 Å². The van der Waals surface area contributed by atoms with Crippen LogP contribution in [0, 0.1) is 11.8 Å². The number of aromatic nitrogens is 1. The van der Waals surface area contributed by atoms with Gasteiger partial charge in [-0.2, -0.15) is 0 Å². The van der Waals surface area contributed by atoms with Crippen molar-refractivity contribution in [1.82, 2.24) is 9.88 Å². The summed E-state index contributed by atoms with van der Waals surface area (Å²) in [6.07, 6.45) is 6.15. The molecule has 0 aromatic carbocycles. The number of hydrogen-bond acceptors (Lipinski definition) is 5. The van der Waals surface area contributed by atoms with E-state index in [1.807, 2.05) is 12.1 Å².